The van der Waals surface area contributed by atoms with Gasteiger partial charge in [0.1, 0.15) is 6.10 Å². The maximum atomic E-state index is 10.5. The zero-order valence-electron chi connectivity index (χ0n) is 5.39. The highest BCUT2D eigenvalue weighted by Crippen LogP contribution is 1.83. The van der Waals surface area contributed by atoms with E-state index in [2.05, 4.69) is 5.32 Å². The average Bonchev–Trinajstić information content (AvgIpc) is 1.84. The van der Waals surface area contributed by atoms with Gasteiger partial charge < -0.3 is 10.1 Å². The molecule has 0 aliphatic heterocycles. The number of nitrogens with one attached hydrogen (secondary N) is 1. The first-order valence-corrected chi connectivity index (χ1v) is 2.46. The van der Waals surface area contributed by atoms with E-state index in [4.69, 9.17) is 4.74 Å². The van der Waals surface area contributed by atoms with E-state index in [1.54, 1.807) is 14.0 Å². The van der Waals surface area contributed by atoms with Crippen LogP contribution in [0, 0.1) is 0 Å². The van der Waals surface area contributed by atoms with Crippen LogP contribution in [-0.2, 0) is 9.53 Å². The van der Waals surface area contributed by atoms with Crippen LogP contribution in [0.15, 0.2) is 0 Å². The van der Waals surface area contributed by atoms with Crippen LogP contribution in [-0.4, -0.2) is 26.2 Å². The molecule has 0 bridgehead atoms. The van der Waals surface area contributed by atoms with Crippen molar-refractivity contribution in [2.75, 3.05) is 14.2 Å². The zero-order chi connectivity index (χ0) is 6.57. The summed E-state index contributed by atoms with van der Waals surface area (Å²) in [4.78, 5) is 10.5. The Kier molecular flexibility index (Phi) is 3.19. The van der Waals surface area contributed by atoms with Gasteiger partial charge in [-0.3, -0.25) is 4.79 Å². The van der Waals surface area contributed by atoms with Crippen LogP contribution in [0.2, 0.25) is 0 Å². The Balaban J connectivity index is 3.46. The highest BCUT2D eigenvalue weighted by Gasteiger charge is 2.06. The SMILES string of the molecule is CNC(=O)[C@H](C)OC. The second-order valence-corrected chi connectivity index (χ2v) is 1.49. The van der Waals surface area contributed by atoms with Crippen molar-refractivity contribution < 1.29 is 9.53 Å². The van der Waals surface area contributed by atoms with Crippen molar-refractivity contribution >= 4 is 5.91 Å². The predicted molar refractivity (Wildman–Crippen MR) is 30.5 cm³/mol. The molecule has 0 aromatic rings. The van der Waals surface area contributed by atoms with Gasteiger partial charge in [0.05, 0.1) is 0 Å². The minimum atomic E-state index is -0.333. The van der Waals surface area contributed by atoms with Gasteiger partial charge in [-0.25, -0.2) is 0 Å². The monoisotopic (exact) mass is 117 g/mol. The average molecular weight is 117 g/mol. The Bertz CT molecular complexity index is 82.5. The van der Waals surface area contributed by atoms with Crippen molar-refractivity contribution in [1.29, 1.82) is 0 Å². The van der Waals surface area contributed by atoms with E-state index in [1.807, 2.05) is 0 Å². The summed E-state index contributed by atoms with van der Waals surface area (Å²) in [5.74, 6) is -0.0903. The Morgan fingerprint density at radius 2 is 2.25 bits per heavy atom. The van der Waals surface area contributed by atoms with E-state index in [-0.39, 0.29) is 12.0 Å². The highest BCUT2D eigenvalue weighted by molar-refractivity contribution is 5.79. The summed E-state index contributed by atoms with van der Waals surface area (Å²) in [7, 11) is 3.08. The quantitative estimate of drug-likeness (QED) is 0.542. The molecule has 0 aromatic carbocycles. The summed E-state index contributed by atoms with van der Waals surface area (Å²) in [6, 6.07) is 0. The minimum absolute atomic E-state index is 0.0903. The molecule has 0 radical (unpaired) electrons. The fourth-order valence-corrected chi connectivity index (χ4v) is 0.310. The van der Waals surface area contributed by atoms with Crippen LogP contribution in [0.4, 0.5) is 0 Å². The second kappa shape index (κ2) is 3.43. The molecule has 1 N–H and O–H groups in total. The molecule has 0 saturated carbocycles. The maximum Gasteiger partial charge on any atom is 0.248 e. The van der Waals surface area contributed by atoms with Crippen molar-refractivity contribution in [3.05, 3.63) is 0 Å². The Labute approximate surface area is 49.0 Å². The first kappa shape index (κ1) is 7.43. The summed E-state index contributed by atoms with van der Waals surface area (Å²) in [5, 5.41) is 2.45. The molecule has 0 saturated heterocycles. The standard InChI is InChI=1S/C5H11NO2/c1-4(8-3)5(7)6-2/h4H,1-3H3,(H,6,7)/t4-/m0/s1. The molecule has 1 amide bonds. The first-order valence-electron chi connectivity index (χ1n) is 2.46. The summed E-state index contributed by atoms with van der Waals surface area (Å²) < 4.78 is 4.69. The van der Waals surface area contributed by atoms with Crippen LogP contribution >= 0.6 is 0 Å². The molecule has 48 valence electrons. The predicted octanol–water partition coefficient (Wildman–Crippen LogP) is -0.233. The molecule has 8 heavy (non-hydrogen) atoms. The van der Waals surface area contributed by atoms with Gasteiger partial charge in [-0.15, -0.1) is 0 Å². The Morgan fingerprint density at radius 3 is 2.38 bits per heavy atom. The molecule has 0 spiro atoms. The van der Waals surface area contributed by atoms with Gasteiger partial charge in [0, 0.05) is 14.2 Å². The molecule has 0 heterocycles. The number of hydrogen-bond acceptors (Lipinski definition) is 2. The molecule has 0 unspecified atom stereocenters. The fraction of sp³-hybridized carbons (Fsp3) is 0.800. The van der Waals surface area contributed by atoms with Crippen LogP contribution in [0.3, 0.4) is 0 Å². The van der Waals surface area contributed by atoms with E-state index in [9.17, 15) is 4.79 Å². The lowest BCUT2D eigenvalue weighted by Gasteiger charge is -2.05. The number of methoxy groups -OCH3 is 1. The number of rotatable bonds is 2. The van der Waals surface area contributed by atoms with E-state index >= 15 is 0 Å². The van der Waals surface area contributed by atoms with Crippen LogP contribution in [0.25, 0.3) is 0 Å². The third-order valence-electron chi connectivity index (χ3n) is 0.969. The molecule has 0 rings (SSSR count). The topological polar surface area (TPSA) is 38.3 Å². The van der Waals surface area contributed by atoms with Gasteiger partial charge in [-0.05, 0) is 6.92 Å². The molecule has 3 nitrogen and oxygen atoms in total. The minimum Gasteiger partial charge on any atom is -0.372 e. The molecule has 0 aromatic heterocycles. The molecule has 0 aliphatic carbocycles. The first-order chi connectivity index (χ1) is 3.72. The van der Waals surface area contributed by atoms with E-state index in [1.165, 1.54) is 7.11 Å². The smallest absolute Gasteiger partial charge is 0.248 e. The number of amides is 1. The molecular weight excluding hydrogens is 106 g/mol. The summed E-state index contributed by atoms with van der Waals surface area (Å²) in [6.45, 7) is 1.69. The van der Waals surface area contributed by atoms with Gasteiger partial charge in [0.25, 0.3) is 0 Å². The summed E-state index contributed by atoms with van der Waals surface area (Å²) in [5.41, 5.74) is 0. The van der Waals surface area contributed by atoms with Gasteiger partial charge in [0.15, 0.2) is 0 Å². The van der Waals surface area contributed by atoms with Crippen LogP contribution in [0.5, 0.6) is 0 Å². The van der Waals surface area contributed by atoms with Crippen molar-refractivity contribution in [3.8, 4) is 0 Å². The highest BCUT2D eigenvalue weighted by atomic mass is 16.5. The molecule has 3 heteroatoms. The largest absolute Gasteiger partial charge is 0.372 e. The van der Waals surface area contributed by atoms with E-state index in [0.29, 0.717) is 0 Å². The molecule has 0 aliphatic rings. The normalized spacial score (nSPS) is 12.9. The molecule has 1 atom stereocenters. The van der Waals surface area contributed by atoms with Crippen molar-refractivity contribution in [2.24, 2.45) is 0 Å². The summed E-state index contributed by atoms with van der Waals surface area (Å²) >= 11 is 0. The Morgan fingerprint density at radius 1 is 1.75 bits per heavy atom. The lowest BCUT2D eigenvalue weighted by Crippen LogP contribution is -2.30. The lowest BCUT2D eigenvalue weighted by molar-refractivity contribution is -0.129. The second-order valence-electron chi connectivity index (χ2n) is 1.49. The van der Waals surface area contributed by atoms with E-state index < -0.39 is 0 Å². The number of hydrogen-bond donors (Lipinski definition) is 1. The third kappa shape index (κ3) is 1.93. The summed E-state index contributed by atoms with van der Waals surface area (Å²) in [6.07, 6.45) is -0.333. The van der Waals surface area contributed by atoms with Gasteiger partial charge in [-0.1, -0.05) is 0 Å². The number of carbonyl (C=O) groups is 1. The third-order valence-corrected chi connectivity index (χ3v) is 0.969. The Hall–Kier alpha value is -0.570. The number of ether oxygens (including phenoxy) is 1. The zero-order valence-corrected chi connectivity index (χ0v) is 5.39. The van der Waals surface area contributed by atoms with Gasteiger partial charge in [-0.2, -0.15) is 0 Å². The lowest BCUT2D eigenvalue weighted by atomic mass is 10.4. The maximum absolute atomic E-state index is 10.5. The van der Waals surface area contributed by atoms with Crippen molar-refractivity contribution in [3.63, 3.8) is 0 Å². The van der Waals surface area contributed by atoms with Crippen molar-refractivity contribution in [1.82, 2.24) is 5.32 Å². The van der Waals surface area contributed by atoms with Crippen molar-refractivity contribution in [2.45, 2.75) is 13.0 Å². The molecule has 0 fully saturated rings. The number of carbonyl (C=O) groups excluding carboxylic acids is 1. The fourth-order valence-electron chi connectivity index (χ4n) is 0.310. The van der Waals surface area contributed by atoms with Crippen LogP contribution in [0.1, 0.15) is 6.92 Å². The van der Waals surface area contributed by atoms with Gasteiger partial charge >= 0.3 is 0 Å². The van der Waals surface area contributed by atoms with Gasteiger partial charge in [0.2, 0.25) is 5.91 Å². The number of likely N-dealkylation sites (N-methyl/N-ethyl adjacent to an activating group) is 1. The van der Waals surface area contributed by atoms with E-state index in [0.717, 1.165) is 0 Å². The van der Waals surface area contributed by atoms with Crippen LogP contribution < -0.4 is 5.32 Å². The molecular formula is C5H11NO2.